The molecule has 0 fully saturated rings. The Labute approximate surface area is 162 Å². The number of hydrogen-bond acceptors (Lipinski definition) is 5. The summed E-state index contributed by atoms with van der Waals surface area (Å²) in [5.74, 6) is 0.764. The Kier molecular flexibility index (Phi) is 5.05. The summed E-state index contributed by atoms with van der Waals surface area (Å²) in [6.45, 7) is 5.09. The van der Waals surface area contributed by atoms with Gasteiger partial charge in [-0.05, 0) is 55.0 Å². The van der Waals surface area contributed by atoms with E-state index in [1.807, 2.05) is 36.7 Å². The predicted octanol–water partition coefficient (Wildman–Crippen LogP) is 3.27. The maximum Gasteiger partial charge on any atom is 0.223 e. The number of rotatable bonds is 5. The molecular formula is C20H22N4O2S. The molecule has 6 nitrogen and oxygen atoms in total. The average Bonchev–Trinajstić information content (AvgIpc) is 3.27. The number of pyridine rings is 1. The topological polar surface area (TPSA) is 69.0 Å². The van der Waals surface area contributed by atoms with Gasteiger partial charge in [0.05, 0.1) is 18.7 Å². The third-order valence-electron chi connectivity index (χ3n) is 4.66. The van der Waals surface area contributed by atoms with Crippen LogP contribution in [0.5, 0.6) is 0 Å². The molecule has 4 rings (SSSR count). The highest BCUT2D eigenvalue weighted by Crippen LogP contribution is 2.33. The Balaban J connectivity index is 1.34. The van der Waals surface area contributed by atoms with Crippen molar-refractivity contribution in [1.29, 1.82) is 0 Å². The first-order chi connectivity index (χ1) is 13.1. The molecule has 0 aliphatic carbocycles. The molecule has 140 valence electrons. The third kappa shape index (κ3) is 3.94. The van der Waals surface area contributed by atoms with Crippen LogP contribution in [0.25, 0.3) is 5.82 Å². The molecule has 0 saturated carbocycles. The number of hydrogen-bond donors (Lipinski definition) is 1. The maximum atomic E-state index is 12.3. The summed E-state index contributed by atoms with van der Waals surface area (Å²) in [7, 11) is 0. The number of aryl methyl sites for hydroxylation is 2. The minimum atomic E-state index is -0.125. The van der Waals surface area contributed by atoms with Gasteiger partial charge in [-0.3, -0.25) is 4.79 Å². The van der Waals surface area contributed by atoms with Crippen LogP contribution < -0.4 is 5.32 Å². The highest BCUT2D eigenvalue weighted by Gasteiger charge is 2.24. The molecule has 0 bridgehead atoms. The standard InChI is InChI=1S/C20H22N4O2S/c1-13-9-14(2)24(23-13)18-4-3-15(11-21-18)12-22-19(25)10-17-20-16(5-7-26-17)6-8-27-20/h3-4,6,8-9,11,17H,5,7,10,12H2,1-2H3,(H,22,25)/t17-/m1/s1. The first kappa shape index (κ1) is 17.9. The largest absolute Gasteiger partial charge is 0.372 e. The van der Waals surface area contributed by atoms with Gasteiger partial charge >= 0.3 is 0 Å². The monoisotopic (exact) mass is 382 g/mol. The SMILES string of the molecule is Cc1cc(C)n(-c2ccc(CNC(=O)C[C@H]3OCCc4ccsc43)cn2)n1. The van der Waals surface area contributed by atoms with Crippen LogP contribution in [-0.4, -0.2) is 27.3 Å². The number of carbonyl (C=O) groups excluding carboxylic acids is 1. The number of carbonyl (C=O) groups is 1. The van der Waals surface area contributed by atoms with Crippen molar-refractivity contribution in [2.24, 2.45) is 0 Å². The van der Waals surface area contributed by atoms with E-state index in [0.29, 0.717) is 19.6 Å². The van der Waals surface area contributed by atoms with E-state index in [0.717, 1.165) is 29.2 Å². The molecule has 0 aromatic carbocycles. The minimum absolute atomic E-state index is 0.0103. The van der Waals surface area contributed by atoms with Crippen molar-refractivity contribution in [2.75, 3.05) is 6.61 Å². The van der Waals surface area contributed by atoms with Crippen molar-refractivity contribution in [1.82, 2.24) is 20.1 Å². The summed E-state index contributed by atoms with van der Waals surface area (Å²) >= 11 is 1.67. The zero-order chi connectivity index (χ0) is 18.8. The van der Waals surface area contributed by atoms with E-state index in [2.05, 4.69) is 26.8 Å². The fraction of sp³-hybridized carbons (Fsp3) is 0.350. The first-order valence-electron chi connectivity index (χ1n) is 9.03. The van der Waals surface area contributed by atoms with Crippen LogP contribution in [-0.2, 0) is 22.5 Å². The zero-order valence-electron chi connectivity index (χ0n) is 15.4. The normalized spacial score (nSPS) is 16.1. The van der Waals surface area contributed by atoms with Crippen LogP contribution in [0.1, 0.15) is 39.9 Å². The zero-order valence-corrected chi connectivity index (χ0v) is 16.3. The van der Waals surface area contributed by atoms with Crippen LogP contribution in [0.15, 0.2) is 35.8 Å². The first-order valence-corrected chi connectivity index (χ1v) is 9.91. The lowest BCUT2D eigenvalue weighted by Gasteiger charge is -2.22. The maximum absolute atomic E-state index is 12.3. The Bertz CT molecular complexity index is 945. The van der Waals surface area contributed by atoms with E-state index in [9.17, 15) is 4.79 Å². The number of amides is 1. The van der Waals surface area contributed by atoms with E-state index in [1.54, 1.807) is 17.5 Å². The van der Waals surface area contributed by atoms with E-state index in [1.165, 1.54) is 10.4 Å². The van der Waals surface area contributed by atoms with Crippen LogP contribution in [0.4, 0.5) is 0 Å². The van der Waals surface area contributed by atoms with Crippen molar-refractivity contribution < 1.29 is 9.53 Å². The van der Waals surface area contributed by atoms with Gasteiger partial charge in [0.25, 0.3) is 0 Å². The minimum Gasteiger partial charge on any atom is -0.372 e. The lowest BCUT2D eigenvalue weighted by Crippen LogP contribution is -2.27. The van der Waals surface area contributed by atoms with Gasteiger partial charge in [-0.2, -0.15) is 5.10 Å². The lowest BCUT2D eigenvalue weighted by molar-refractivity contribution is -0.124. The number of thiophene rings is 1. The van der Waals surface area contributed by atoms with Crippen LogP contribution >= 0.6 is 11.3 Å². The van der Waals surface area contributed by atoms with Gasteiger partial charge in [-0.1, -0.05) is 6.07 Å². The van der Waals surface area contributed by atoms with Crippen LogP contribution in [0.3, 0.4) is 0 Å². The molecule has 1 amide bonds. The molecule has 0 spiro atoms. The van der Waals surface area contributed by atoms with E-state index in [4.69, 9.17) is 4.74 Å². The molecule has 1 N–H and O–H groups in total. The number of nitrogens with zero attached hydrogens (tertiary/aromatic N) is 3. The molecule has 0 unspecified atom stereocenters. The van der Waals surface area contributed by atoms with Crippen molar-refractivity contribution in [2.45, 2.75) is 39.3 Å². The number of nitrogens with one attached hydrogen (secondary N) is 1. The quantitative estimate of drug-likeness (QED) is 0.735. The van der Waals surface area contributed by atoms with E-state index < -0.39 is 0 Å². The summed E-state index contributed by atoms with van der Waals surface area (Å²) in [5.41, 5.74) is 4.27. The van der Waals surface area contributed by atoms with E-state index >= 15 is 0 Å². The highest BCUT2D eigenvalue weighted by molar-refractivity contribution is 7.10. The second-order valence-electron chi connectivity index (χ2n) is 6.76. The molecule has 1 aliphatic rings. The summed E-state index contributed by atoms with van der Waals surface area (Å²) < 4.78 is 7.61. The van der Waals surface area contributed by atoms with Gasteiger partial charge in [0.2, 0.25) is 5.91 Å². The molecule has 3 aromatic rings. The Morgan fingerprint density at radius 2 is 2.26 bits per heavy atom. The van der Waals surface area contributed by atoms with E-state index in [-0.39, 0.29) is 12.0 Å². The van der Waals surface area contributed by atoms with Crippen LogP contribution in [0.2, 0.25) is 0 Å². The van der Waals surface area contributed by atoms with Crippen molar-refractivity contribution >= 4 is 17.2 Å². The van der Waals surface area contributed by atoms with Gasteiger partial charge in [-0.15, -0.1) is 11.3 Å². The molecule has 4 heterocycles. The molecule has 1 aliphatic heterocycles. The fourth-order valence-electron chi connectivity index (χ4n) is 3.32. The fourth-order valence-corrected chi connectivity index (χ4v) is 4.33. The molecule has 27 heavy (non-hydrogen) atoms. The number of fused-ring (bicyclic) bond motifs is 1. The molecule has 7 heteroatoms. The van der Waals surface area contributed by atoms with Crippen LogP contribution in [0, 0.1) is 13.8 Å². The van der Waals surface area contributed by atoms with Gasteiger partial charge in [0.1, 0.15) is 6.10 Å². The number of aromatic nitrogens is 3. The van der Waals surface area contributed by atoms with Gasteiger partial charge in [0, 0.05) is 23.3 Å². The smallest absolute Gasteiger partial charge is 0.223 e. The van der Waals surface area contributed by atoms with Crippen molar-refractivity contribution in [3.63, 3.8) is 0 Å². The molecule has 0 saturated heterocycles. The third-order valence-corrected chi connectivity index (χ3v) is 5.71. The Hall–Kier alpha value is -2.51. The van der Waals surface area contributed by atoms with Crippen molar-refractivity contribution in [3.8, 4) is 5.82 Å². The summed E-state index contributed by atoms with van der Waals surface area (Å²) in [5, 5.41) is 9.47. The second-order valence-corrected chi connectivity index (χ2v) is 7.71. The second kappa shape index (κ2) is 7.62. The number of ether oxygens (including phenoxy) is 1. The molecular weight excluding hydrogens is 360 g/mol. The average molecular weight is 382 g/mol. The molecule has 3 aromatic heterocycles. The lowest BCUT2D eigenvalue weighted by atomic mass is 10.1. The summed E-state index contributed by atoms with van der Waals surface area (Å²) in [6, 6.07) is 8.03. The van der Waals surface area contributed by atoms with Gasteiger partial charge < -0.3 is 10.1 Å². The highest BCUT2D eigenvalue weighted by atomic mass is 32.1. The van der Waals surface area contributed by atoms with Gasteiger partial charge in [-0.25, -0.2) is 9.67 Å². The van der Waals surface area contributed by atoms with Crippen molar-refractivity contribution in [3.05, 3.63) is 63.2 Å². The molecule has 1 atom stereocenters. The summed E-state index contributed by atoms with van der Waals surface area (Å²) in [6.07, 6.45) is 2.94. The summed E-state index contributed by atoms with van der Waals surface area (Å²) in [4.78, 5) is 18.0. The Morgan fingerprint density at radius 3 is 3.00 bits per heavy atom. The molecule has 0 radical (unpaired) electrons. The predicted molar refractivity (Wildman–Crippen MR) is 104 cm³/mol. The Morgan fingerprint density at radius 1 is 1.37 bits per heavy atom. The van der Waals surface area contributed by atoms with Gasteiger partial charge in [0.15, 0.2) is 5.82 Å².